The molecule has 0 fully saturated rings. The molecule has 0 saturated carbocycles. The van der Waals surface area contributed by atoms with Gasteiger partial charge in [-0.25, -0.2) is 4.68 Å². The summed E-state index contributed by atoms with van der Waals surface area (Å²) in [7, 11) is 0. The maximum Gasteiger partial charge on any atom is 0.0678 e. The summed E-state index contributed by atoms with van der Waals surface area (Å²) >= 11 is 3.52. The summed E-state index contributed by atoms with van der Waals surface area (Å²) in [6.07, 6.45) is 0. The number of hydrogen-bond acceptors (Lipinski definition) is 2. The molecule has 1 heterocycles. The lowest BCUT2D eigenvalue weighted by molar-refractivity contribution is 0.630. The molecule has 2 aromatic rings. The van der Waals surface area contributed by atoms with Crippen molar-refractivity contribution in [3.05, 3.63) is 45.2 Å². The molecule has 0 amide bonds. The van der Waals surface area contributed by atoms with E-state index in [9.17, 15) is 0 Å². The number of halogens is 1. The molecule has 4 heteroatoms. The summed E-state index contributed by atoms with van der Waals surface area (Å²) in [5, 5.41) is 8.20. The van der Waals surface area contributed by atoms with Gasteiger partial charge in [0.2, 0.25) is 0 Å². The van der Waals surface area contributed by atoms with Crippen molar-refractivity contribution in [2.24, 2.45) is 0 Å². The Hall–Kier alpha value is -1.13. The van der Waals surface area contributed by atoms with E-state index in [4.69, 9.17) is 5.10 Å². The van der Waals surface area contributed by atoms with Crippen LogP contribution in [0.15, 0.2) is 22.7 Å². The van der Waals surface area contributed by atoms with Gasteiger partial charge in [0.05, 0.1) is 11.4 Å². The van der Waals surface area contributed by atoms with Crippen LogP contribution in [0, 0.1) is 20.8 Å². The van der Waals surface area contributed by atoms with Gasteiger partial charge in [-0.05, 0) is 57.0 Å². The number of aromatic nitrogens is 2. The average Bonchev–Trinajstić information content (AvgIpc) is 2.71. The number of benzene rings is 1. The standard InChI is InChI=1S/C17H24BrN3/c1-6-19-10-12(3)17-13(4)20-21(14(17)5)16-8-7-15(18)9-11(16)2/h7-9,12,19H,6,10H2,1-5H3. The van der Waals surface area contributed by atoms with Crippen molar-refractivity contribution in [2.45, 2.75) is 40.5 Å². The van der Waals surface area contributed by atoms with Crippen LogP contribution < -0.4 is 5.32 Å². The van der Waals surface area contributed by atoms with Crippen molar-refractivity contribution in [1.29, 1.82) is 0 Å². The van der Waals surface area contributed by atoms with Gasteiger partial charge in [-0.1, -0.05) is 29.8 Å². The van der Waals surface area contributed by atoms with E-state index in [0.717, 1.165) is 28.9 Å². The van der Waals surface area contributed by atoms with E-state index in [2.05, 4.69) is 78.7 Å². The van der Waals surface area contributed by atoms with E-state index in [0.29, 0.717) is 5.92 Å². The molecular formula is C17H24BrN3. The molecule has 0 radical (unpaired) electrons. The van der Waals surface area contributed by atoms with Gasteiger partial charge in [0.15, 0.2) is 0 Å². The van der Waals surface area contributed by atoms with Crippen LogP contribution in [-0.2, 0) is 0 Å². The van der Waals surface area contributed by atoms with Crippen molar-refractivity contribution < 1.29 is 0 Å². The quantitative estimate of drug-likeness (QED) is 0.873. The maximum absolute atomic E-state index is 4.77. The Morgan fingerprint density at radius 2 is 2.00 bits per heavy atom. The van der Waals surface area contributed by atoms with Gasteiger partial charge in [-0.15, -0.1) is 0 Å². The molecule has 1 aromatic carbocycles. The molecular weight excluding hydrogens is 326 g/mol. The predicted octanol–water partition coefficient (Wildman–Crippen LogP) is 4.27. The van der Waals surface area contributed by atoms with Crippen LogP contribution in [0.2, 0.25) is 0 Å². The molecule has 0 aliphatic rings. The second kappa shape index (κ2) is 6.75. The molecule has 0 aliphatic heterocycles. The lowest BCUT2D eigenvalue weighted by Gasteiger charge is -2.14. The molecule has 3 nitrogen and oxygen atoms in total. The van der Waals surface area contributed by atoms with Crippen LogP contribution in [0.4, 0.5) is 0 Å². The van der Waals surface area contributed by atoms with Crippen LogP contribution in [-0.4, -0.2) is 22.9 Å². The number of rotatable bonds is 5. The first-order valence-electron chi connectivity index (χ1n) is 7.49. The zero-order chi connectivity index (χ0) is 15.6. The van der Waals surface area contributed by atoms with Gasteiger partial charge in [0, 0.05) is 22.3 Å². The maximum atomic E-state index is 4.77. The second-order valence-electron chi connectivity index (χ2n) is 5.64. The van der Waals surface area contributed by atoms with Crippen molar-refractivity contribution in [3.8, 4) is 5.69 Å². The average molecular weight is 350 g/mol. The van der Waals surface area contributed by atoms with Crippen molar-refractivity contribution in [2.75, 3.05) is 13.1 Å². The summed E-state index contributed by atoms with van der Waals surface area (Å²) in [5.74, 6) is 0.467. The lowest BCUT2D eigenvalue weighted by Crippen LogP contribution is -2.20. The van der Waals surface area contributed by atoms with Gasteiger partial charge in [0.25, 0.3) is 0 Å². The van der Waals surface area contributed by atoms with Crippen molar-refractivity contribution >= 4 is 15.9 Å². The fraction of sp³-hybridized carbons (Fsp3) is 0.471. The highest BCUT2D eigenvalue weighted by molar-refractivity contribution is 9.10. The third kappa shape index (κ3) is 3.38. The molecule has 0 spiro atoms. The van der Waals surface area contributed by atoms with Crippen LogP contribution >= 0.6 is 15.9 Å². The summed E-state index contributed by atoms with van der Waals surface area (Å²) in [4.78, 5) is 0. The SMILES string of the molecule is CCNCC(C)c1c(C)nn(-c2ccc(Br)cc2C)c1C. The van der Waals surface area contributed by atoms with E-state index in [1.807, 2.05) is 0 Å². The zero-order valence-corrected chi connectivity index (χ0v) is 15.1. The Bertz CT molecular complexity index is 631. The monoisotopic (exact) mass is 349 g/mol. The highest BCUT2D eigenvalue weighted by Gasteiger charge is 2.18. The second-order valence-corrected chi connectivity index (χ2v) is 6.55. The third-order valence-corrected chi connectivity index (χ3v) is 4.42. The first-order valence-corrected chi connectivity index (χ1v) is 8.28. The topological polar surface area (TPSA) is 29.9 Å². The summed E-state index contributed by atoms with van der Waals surface area (Å²) < 4.78 is 3.18. The highest BCUT2D eigenvalue weighted by Crippen LogP contribution is 2.27. The predicted molar refractivity (Wildman–Crippen MR) is 92.4 cm³/mol. The molecule has 2 rings (SSSR count). The van der Waals surface area contributed by atoms with Crippen LogP contribution in [0.25, 0.3) is 5.69 Å². The largest absolute Gasteiger partial charge is 0.316 e. The van der Waals surface area contributed by atoms with Gasteiger partial charge in [-0.3, -0.25) is 0 Å². The first kappa shape index (κ1) is 16.2. The molecule has 1 N–H and O–H groups in total. The Morgan fingerprint density at radius 3 is 2.62 bits per heavy atom. The molecule has 0 bridgehead atoms. The Balaban J connectivity index is 2.43. The normalized spacial score (nSPS) is 12.7. The van der Waals surface area contributed by atoms with Gasteiger partial charge < -0.3 is 5.32 Å². The van der Waals surface area contributed by atoms with Crippen LogP contribution in [0.1, 0.15) is 42.3 Å². The number of aryl methyl sites for hydroxylation is 2. The summed E-state index contributed by atoms with van der Waals surface area (Å²) in [6, 6.07) is 6.33. The number of nitrogens with one attached hydrogen (secondary N) is 1. The van der Waals surface area contributed by atoms with Gasteiger partial charge in [-0.2, -0.15) is 5.10 Å². The Morgan fingerprint density at radius 1 is 1.29 bits per heavy atom. The minimum absolute atomic E-state index is 0.467. The van der Waals surface area contributed by atoms with E-state index < -0.39 is 0 Å². The van der Waals surface area contributed by atoms with Crippen molar-refractivity contribution in [3.63, 3.8) is 0 Å². The minimum Gasteiger partial charge on any atom is -0.316 e. The highest BCUT2D eigenvalue weighted by atomic mass is 79.9. The van der Waals surface area contributed by atoms with E-state index >= 15 is 0 Å². The van der Waals surface area contributed by atoms with E-state index in [1.54, 1.807) is 0 Å². The fourth-order valence-corrected chi connectivity index (χ4v) is 3.40. The minimum atomic E-state index is 0.467. The van der Waals surface area contributed by atoms with Crippen molar-refractivity contribution in [1.82, 2.24) is 15.1 Å². The molecule has 1 aromatic heterocycles. The van der Waals surface area contributed by atoms with Gasteiger partial charge in [0.1, 0.15) is 0 Å². The number of hydrogen-bond donors (Lipinski definition) is 1. The smallest absolute Gasteiger partial charge is 0.0678 e. The summed E-state index contributed by atoms with van der Waals surface area (Å²) in [5.41, 5.74) is 6.10. The zero-order valence-electron chi connectivity index (χ0n) is 13.5. The summed E-state index contributed by atoms with van der Waals surface area (Å²) in [6.45, 7) is 12.8. The van der Waals surface area contributed by atoms with E-state index in [-0.39, 0.29) is 0 Å². The van der Waals surface area contributed by atoms with Crippen LogP contribution in [0.5, 0.6) is 0 Å². The van der Waals surface area contributed by atoms with Crippen LogP contribution in [0.3, 0.4) is 0 Å². The Kier molecular flexibility index (Phi) is 5.22. The first-order chi connectivity index (χ1) is 9.95. The molecule has 1 unspecified atom stereocenters. The van der Waals surface area contributed by atoms with Gasteiger partial charge >= 0.3 is 0 Å². The third-order valence-electron chi connectivity index (χ3n) is 3.93. The molecule has 114 valence electrons. The molecule has 21 heavy (non-hydrogen) atoms. The number of nitrogens with zero attached hydrogens (tertiary/aromatic N) is 2. The fourth-order valence-electron chi connectivity index (χ4n) is 2.92. The molecule has 1 atom stereocenters. The Labute approximate surface area is 135 Å². The molecule has 0 aliphatic carbocycles. The van der Waals surface area contributed by atoms with E-state index in [1.165, 1.54) is 16.8 Å². The molecule has 0 saturated heterocycles. The number of likely N-dealkylation sites (N-methyl/N-ethyl adjacent to an activating group) is 1. The lowest BCUT2D eigenvalue weighted by atomic mass is 9.99.